The number of hydrogen-bond acceptors (Lipinski definition) is 18. The van der Waals surface area contributed by atoms with E-state index in [9.17, 15) is 28.6 Å². The fraction of sp³-hybridized carbons (Fsp3) is 0.676. The first kappa shape index (κ1) is 46.6. The number of H-pyrrole nitrogens is 1. The summed E-state index contributed by atoms with van der Waals surface area (Å²) in [6, 6.07) is 0. The number of phosphoric ester groups is 1. The van der Waals surface area contributed by atoms with Crippen LogP contribution in [0.5, 0.6) is 0 Å². The molecule has 60 heavy (non-hydrogen) atoms. The van der Waals surface area contributed by atoms with Gasteiger partial charge in [-0.3, -0.25) is 22.9 Å². The molecule has 0 radical (unpaired) electrons. The summed E-state index contributed by atoms with van der Waals surface area (Å²) in [4.78, 5) is 57.6. The third-order valence-electron chi connectivity index (χ3n) is 10.8. The largest absolute Gasteiger partial charge is 0.472 e. The van der Waals surface area contributed by atoms with Crippen molar-refractivity contribution >= 4 is 54.4 Å². The van der Waals surface area contributed by atoms with Crippen LogP contribution >= 0.6 is 14.5 Å². The lowest BCUT2D eigenvalue weighted by molar-refractivity contribution is -0.184. The van der Waals surface area contributed by atoms with Gasteiger partial charge in [0.2, 0.25) is 0 Å². The molecule has 4 aliphatic rings. The first-order chi connectivity index (χ1) is 28.6. The summed E-state index contributed by atoms with van der Waals surface area (Å²) in [7, 11) is -5.10. The Labute approximate surface area is 349 Å². The molecule has 0 saturated carbocycles. The number of phosphoric acid groups is 1. The highest BCUT2D eigenvalue weighted by Gasteiger charge is 2.65. The summed E-state index contributed by atoms with van der Waals surface area (Å²) in [6.07, 6.45) is -5.03. The van der Waals surface area contributed by atoms with Crippen molar-refractivity contribution in [1.29, 1.82) is 0 Å². The lowest BCUT2D eigenvalue weighted by Crippen LogP contribution is -2.45. The summed E-state index contributed by atoms with van der Waals surface area (Å²) < 4.78 is 71.1. The van der Waals surface area contributed by atoms with Crippen molar-refractivity contribution in [3.05, 3.63) is 41.3 Å². The number of aliphatic hydroxyl groups is 1. The smallest absolute Gasteiger partial charge is 0.387 e. The monoisotopic (exact) mass is 906 g/mol. The Hall–Kier alpha value is -2.90. The van der Waals surface area contributed by atoms with E-state index >= 15 is 0 Å². The van der Waals surface area contributed by atoms with E-state index in [0.717, 1.165) is 17.1 Å². The molecule has 4 aromatic rings. The van der Waals surface area contributed by atoms with Gasteiger partial charge in [0.15, 0.2) is 35.4 Å². The van der Waals surface area contributed by atoms with Gasteiger partial charge in [-0.2, -0.15) is 0 Å². The molecule has 0 aliphatic carbocycles. The van der Waals surface area contributed by atoms with Crippen LogP contribution in [0.15, 0.2) is 30.0 Å². The molecule has 2 unspecified atom stereocenters. The Morgan fingerprint density at radius 2 is 1.60 bits per heavy atom. The van der Waals surface area contributed by atoms with Crippen LogP contribution in [0, 0.1) is 5.82 Å². The molecule has 4 saturated heterocycles. The molecule has 26 heteroatoms. The van der Waals surface area contributed by atoms with Gasteiger partial charge < -0.3 is 58.7 Å². The number of halogens is 1. The highest BCUT2D eigenvalue weighted by molar-refractivity contribution is 8.07. The number of nitrogen functional groups attached to an aromatic ring is 1. The fourth-order valence-corrected chi connectivity index (χ4v) is 9.86. The Morgan fingerprint density at radius 1 is 0.933 bits per heavy atom. The first-order valence-electron chi connectivity index (χ1n) is 19.6. The molecule has 0 amide bonds. The van der Waals surface area contributed by atoms with Crippen LogP contribution in [0.3, 0.4) is 0 Å². The van der Waals surface area contributed by atoms with Gasteiger partial charge in [0.1, 0.15) is 53.4 Å². The highest BCUT2D eigenvalue weighted by atomic mass is 32.5. The summed E-state index contributed by atoms with van der Waals surface area (Å²) in [5.41, 5.74) is 3.83. The summed E-state index contributed by atoms with van der Waals surface area (Å²) >= 11 is 5.29. The Kier molecular flexibility index (Phi) is 14.9. The normalized spacial score (nSPS) is 32.8. The van der Waals surface area contributed by atoms with Crippen LogP contribution in [0.25, 0.3) is 22.2 Å². The number of fused-ring (bicyclic) bond motifs is 4. The van der Waals surface area contributed by atoms with E-state index < -0.39 is 93.1 Å². The van der Waals surface area contributed by atoms with Gasteiger partial charge in [-0.25, -0.2) is 28.9 Å². The highest BCUT2D eigenvalue weighted by Crippen LogP contribution is 2.58. The molecular formula is C34H53FN10O12P2S. The zero-order valence-electron chi connectivity index (χ0n) is 34.1. The molecule has 4 bridgehead atoms. The molecule has 0 spiro atoms. The standard InChI is InChI=1S/C22H23FN8O12P2S.2C6H15N/c23-8-1-30(17-10(8)19(33)28-6-26-17)20-13-12(32)9(40-20)2-38-45(36,46)43-15-14-21(31-7-29-11-16(24)25-5-27-18(11)31)41-22(15,3-37-14)4-39-44(34,35)42-13;2*1-4-7(5-2)6-3/h1,5-7,9,12-15,20-21,32H,2-4H2,(H,34,35)(H,36,46)(H2,24,25,27)(H,26,28,33);2*4-6H2,1-3H3/t9-,12-,13-,14-,15+,20-,21-,22-,45?;;/m1../s1. The van der Waals surface area contributed by atoms with Gasteiger partial charge in [0.25, 0.3) is 5.56 Å². The van der Waals surface area contributed by atoms with Crippen molar-refractivity contribution in [3.63, 3.8) is 0 Å². The number of aliphatic hydroxyl groups excluding tert-OH is 1. The van der Waals surface area contributed by atoms with Crippen LogP contribution in [0.2, 0.25) is 0 Å². The minimum Gasteiger partial charge on any atom is -0.387 e. The fourth-order valence-electron chi connectivity index (χ4n) is 7.43. The Morgan fingerprint density at radius 3 is 2.23 bits per heavy atom. The minimum atomic E-state index is -5.10. The molecule has 8 rings (SSSR count). The maximum atomic E-state index is 14.8. The molecule has 8 heterocycles. The average molecular weight is 907 g/mol. The van der Waals surface area contributed by atoms with Gasteiger partial charge in [-0.1, -0.05) is 41.5 Å². The average Bonchev–Trinajstić information content (AvgIpc) is 4.03. The van der Waals surface area contributed by atoms with Gasteiger partial charge in [0, 0.05) is 6.20 Å². The van der Waals surface area contributed by atoms with Gasteiger partial charge in [-0.05, 0) is 51.1 Å². The van der Waals surface area contributed by atoms with Crippen LogP contribution < -0.4 is 11.3 Å². The van der Waals surface area contributed by atoms with E-state index in [2.05, 4.69) is 76.3 Å². The summed E-state index contributed by atoms with van der Waals surface area (Å²) in [5.74, 6) is -0.868. The number of rotatable bonds is 8. The number of imidazole rings is 1. The topological polar surface area (TPSA) is 269 Å². The van der Waals surface area contributed by atoms with Crippen molar-refractivity contribution in [1.82, 2.24) is 43.9 Å². The lowest BCUT2D eigenvalue weighted by atomic mass is 10.0. The third kappa shape index (κ3) is 9.53. The number of ether oxygens (including phenoxy) is 3. The van der Waals surface area contributed by atoms with Crippen LogP contribution in [-0.4, -0.2) is 154 Å². The van der Waals surface area contributed by atoms with Crippen molar-refractivity contribution in [2.75, 3.05) is 64.8 Å². The van der Waals surface area contributed by atoms with E-state index in [-0.39, 0.29) is 29.2 Å². The predicted octanol–water partition coefficient (Wildman–Crippen LogP) is 2.04. The maximum absolute atomic E-state index is 14.8. The molecule has 4 aromatic heterocycles. The first-order valence-corrected chi connectivity index (χ1v) is 23.7. The van der Waals surface area contributed by atoms with Crippen LogP contribution in [0.1, 0.15) is 54.0 Å². The molecule has 6 N–H and O–H groups in total. The number of hydrogen-bond donors (Lipinski definition) is 5. The zero-order valence-corrected chi connectivity index (χ0v) is 36.7. The molecule has 10 atom stereocenters. The second kappa shape index (κ2) is 19.2. The molecule has 4 aliphatic heterocycles. The number of nitrogens with zero attached hydrogens (tertiary/aromatic N) is 8. The van der Waals surface area contributed by atoms with Crippen molar-refractivity contribution < 1.29 is 56.2 Å². The molecule has 334 valence electrons. The summed E-state index contributed by atoms with van der Waals surface area (Å²) in [6.45, 7) is 14.5. The Balaban J connectivity index is 0.000000373. The molecule has 4 fully saturated rings. The van der Waals surface area contributed by atoms with E-state index in [1.807, 2.05) is 0 Å². The van der Waals surface area contributed by atoms with Gasteiger partial charge in [-0.15, -0.1) is 0 Å². The van der Waals surface area contributed by atoms with E-state index in [1.165, 1.54) is 56.5 Å². The van der Waals surface area contributed by atoms with E-state index in [4.69, 9.17) is 49.8 Å². The third-order valence-corrected chi connectivity index (χ3v) is 13.4. The minimum absolute atomic E-state index is 0.112. The number of nitrogens with one attached hydrogen (secondary N) is 1. The maximum Gasteiger partial charge on any atom is 0.472 e. The van der Waals surface area contributed by atoms with Crippen LogP contribution in [0.4, 0.5) is 10.2 Å². The zero-order chi connectivity index (χ0) is 43.6. The number of nitrogens with two attached hydrogens (primary N) is 1. The Bertz CT molecular complexity index is 2220. The number of anilines is 1. The van der Waals surface area contributed by atoms with E-state index in [1.54, 1.807) is 0 Å². The van der Waals surface area contributed by atoms with E-state index in [0.29, 0.717) is 0 Å². The van der Waals surface area contributed by atoms with Gasteiger partial charge >= 0.3 is 14.5 Å². The summed E-state index contributed by atoms with van der Waals surface area (Å²) in [5, 5.41) is 10.7. The second-order valence-electron chi connectivity index (χ2n) is 14.1. The van der Waals surface area contributed by atoms with Crippen LogP contribution in [-0.2, 0) is 48.7 Å². The quantitative estimate of drug-likeness (QED) is 0.158. The number of aromatic amines is 1. The predicted molar refractivity (Wildman–Crippen MR) is 217 cm³/mol. The van der Waals surface area contributed by atoms with Crippen molar-refractivity contribution in [3.8, 4) is 0 Å². The number of aromatic nitrogens is 7. The van der Waals surface area contributed by atoms with Gasteiger partial charge in [0.05, 0.1) is 32.5 Å². The van der Waals surface area contributed by atoms with Crippen molar-refractivity contribution in [2.45, 2.75) is 90.1 Å². The SMILES string of the molecule is CCN(CC)CC.CCN(CC)CC.Nc1ncnc2c1ncn2[C@@H]1O[C@@]23CO[C@@H]1[C@@H]2OP(O)(=S)OC[C@H]1O[C@@H](n2cc(F)c4c(=O)[nH]cnc42)[C@H](OP(=O)(O)OC3)[C@@H]1O. The lowest BCUT2D eigenvalue weighted by Gasteiger charge is -2.32. The second-order valence-corrected chi connectivity index (χ2v) is 18.3. The van der Waals surface area contributed by atoms with Crippen molar-refractivity contribution in [2.24, 2.45) is 0 Å². The molecule has 22 nitrogen and oxygen atoms in total. The molecule has 0 aromatic carbocycles. The molecular weight excluding hydrogens is 853 g/mol.